The normalized spacial score (nSPS) is 15.0. The summed E-state index contributed by atoms with van der Waals surface area (Å²) in [5.41, 5.74) is 6.44. The summed E-state index contributed by atoms with van der Waals surface area (Å²) in [6.07, 6.45) is -8.66. The number of benzene rings is 2. The number of hydrogen-bond acceptors (Lipinski definition) is 28. The van der Waals surface area contributed by atoms with Gasteiger partial charge in [0.2, 0.25) is 94.5 Å². The van der Waals surface area contributed by atoms with Crippen molar-refractivity contribution < 1.29 is 157 Å². The molecule has 28 N–H and O–H groups in total. The highest BCUT2D eigenvalue weighted by molar-refractivity contribution is 7.80. The van der Waals surface area contributed by atoms with Gasteiger partial charge in [0.15, 0.2) is 0 Å². The van der Waals surface area contributed by atoms with Crippen molar-refractivity contribution in [1.29, 1.82) is 0 Å². The summed E-state index contributed by atoms with van der Waals surface area (Å²) in [5, 5.41) is 134. The monoisotopic (exact) mass is 1850 g/mol. The maximum atomic E-state index is 14.5. The molecule has 2 rings (SSSR count). The number of phenolic OH excluding ortho intramolecular Hbond substituents is 2. The molecule has 0 bridgehead atoms. The smallest absolute Gasteiger partial charge is 0.325 e. The third kappa shape index (κ3) is 41.7. The van der Waals surface area contributed by atoms with Gasteiger partial charge in [-0.25, -0.2) is 0 Å². The molecule has 0 radical (unpaired) electrons. The number of rotatable bonds is 59. The number of amides is 16. The molecule has 129 heavy (non-hydrogen) atoms. The maximum absolute atomic E-state index is 14.5. The van der Waals surface area contributed by atoms with E-state index < -0.39 is 329 Å². The predicted octanol–water partition coefficient (Wildman–Crippen LogP) is -7.66. The number of carboxylic acid groups (broad SMARTS) is 6. The van der Waals surface area contributed by atoms with Crippen molar-refractivity contribution in [2.75, 3.05) is 25.5 Å². The summed E-state index contributed by atoms with van der Waals surface area (Å²) in [5.74, 6) is -31.2. The lowest BCUT2D eigenvalue weighted by Crippen LogP contribution is -2.61. The molecule has 0 unspecified atom stereocenters. The molecule has 0 aliphatic carbocycles. The average molecular weight is 1850 g/mol. The summed E-state index contributed by atoms with van der Waals surface area (Å²) in [7, 11) is 0. The number of carbonyl (C=O) groups is 22. The van der Waals surface area contributed by atoms with Gasteiger partial charge in [-0.3, -0.25) is 105 Å². The molecule has 0 aromatic heterocycles. The fourth-order valence-corrected chi connectivity index (χ4v) is 12.1. The highest BCUT2D eigenvalue weighted by Gasteiger charge is 2.40. The largest absolute Gasteiger partial charge is 0.508 e. The number of aliphatic carboxylic acids is 6. The van der Waals surface area contributed by atoms with Gasteiger partial charge in [0.25, 0.3) is 0 Å². The van der Waals surface area contributed by atoms with Crippen LogP contribution in [0.5, 0.6) is 11.5 Å². The van der Waals surface area contributed by atoms with Gasteiger partial charge in [-0.2, -0.15) is 12.6 Å². The molecule has 17 atom stereocenters. The van der Waals surface area contributed by atoms with E-state index in [0.29, 0.717) is 12.8 Å². The topological polar surface area (TPSA) is 796 Å². The zero-order valence-electron chi connectivity index (χ0n) is 72.1. The molecule has 2 aromatic carbocycles. The van der Waals surface area contributed by atoms with Crippen molar-refractivity contribution in [3.05, 3.63) is 59.7 Å². The number of hydrogen-bond donors (Lipinski definition) is 28. The first-order chi connectivity index (χ1) is 60.3. The van der Waals surface area contributed by atoms with E-state index in [2.05, 4.69) is 76.4 Å². The minimum absolute atomic E-state index is 0.0523. The Morgan fingerprint density at radius 2 is 0.643 bits per heavy atom. The van der Waals surface area contributed by atoms with Gasteiger partial charge in [-0.15, -0.1) is 0 Å². The third-order valence-electron chi connectivity index (χ3n) is 19.2. The molecular weight excluding hydrogens is 1730 g/mol. The lowest BCUT2D eigenvalue weighted by atomic mass is 9.97. The third-order valence-corrected chi connectivity index (χ3v) is 19.6. The second-order valence-electron chi connectivity index (χ2n) is 31.0. The number of aromatic hydroxyl groups is 2. The van der Waals surface area contributed by atoms with Crippen molar-refractivity contribution in [2.24, 2.45) is 23.5 Å². The number of aliphatic hydroxyl groups is 2. The van der Waals surface area contributed by atoms with Gasteiger partial charge < -0.3 is 142 Å². The van der Waals surface area contributed by atoms with Crippen LogP contribution in [0, 0.1) is 17.8 Å². The molecular formula is C79H117N17O32S. The summed E-state index contributed by atoms with van der Waals surface area (Å²) < 4.78 is 0. The Bertz CT molecular complexity index is 4290. The highest BCUT2D eigenvalue weighted by atomic mass is 32.1. The molecule has 0 saturated carbocycles. The van der Waals surface area contributed by atoms with Gasteiger partial charge in [-0.05, 0) is 106 Å². The van der Waals surface area contributed by atoms with Crippen LogP contribution in [0.15, 0.2) is 48.5 Å². The van der Waals surface area contributed by atoms with Crippen LogP contribution in [-0.4, -0.2) is 304 Å². The van der Waals surface area contributed by atoms with Gasteiger partial charge in [-0.1, -0.05) is 72.2 Å². The number of phenols is 2. The van der Waals surface area contributed by atoms with Gasteiger partial charge in [0.1, 0.15) is 102 Å². The molecule has 16 amide bonds. The molecule has 0 saturated heterocycles. The first kappa shape index (κ1) is 112. The average Bonchev–Trinajstić information content (AvgIpc) is 0.844. The Balaban J connectivity index is 2.44. The second-order valence-corrected chi connectivity index (χ2v) is 31.4. The number of carboxylic acids is 6. The summed E-state index contributed by atoms with van der Waals surface area (Å²) in [4.78, 5) is 292. The Morgan fingerprint density at radius 1 is 0.333 bits per heavy atom. The summed E-state index contributed by atoms with van der Waals surface area (Å²) >= 11 is 4.09. The Hall–Kier alpha value is -13.4. The van der Waals surface area contributed by atoms with Crippen molar-refractivity contribution >= 4 is 143 Å². The lowest BCUT2D eigenvalue weighted by Gasteiger charge is -2.27. The van der Waals surface area contributed by atoms with Crippen LogP contribution in [-0.2, 0) is 118 Å². The number of thiol groups is 1. The number of nitrogens with one attached hydrogen (secondary N) is 16. The highest BCUT2D eigenvalue weighted by Crippen LogP contribution is 2.18. The van der Waals surface area contributed by atoms with Crippen LogP contribution >= 0.6 is 12.6 Å². The lowest BCUT2D eigenvalue weighted by molar-refractivity contribution is -0.142. The van der Waals surface area contributed by atoms with Crippen molar-refractivity contribution in [1.82, 2.24) is 85.1 Å². The Labute approximate surface area is 744 Å². The van der Waals surface area contributed by atoms with Crippen LogP contribution in [0.2, 0.25) is 0 Å². The molecule has 0 spiro atoms. The van der Waals surface area contributed by atoms with E-state index in [1.807, 2.05) is 35.1 Å². The van der Waals surface area contributed by atoms with Crippen LogP contribution < -0.4 is 90.8 Å². The molecule has 0 heterocycles. The van der Waals surface area contributed by atoms with E-state index in [0.717, 1.165) is 13.8 Å². The minimum atomic E-state index is -2.36. The van der Waals surface area contributed by atoms with Gasteiger partial charge in [0, 0.05) is 37.9 Å². The molecule has 716 valence electrons. The van der Waals surface area contributed by atoms with Crippen molar-refractivity contribution in [2.45, 2.75) is 242 Å². The summed E-state index contributed by atoms with van der Waals surface area (Å²) in [6.45, 7) is 10.2. The van der Waals surface area contributed by atoms with E-state index in [4.69, 9.17) is 5.73 Å². The SMILES string of the molecule is CC[C@H](C)[C@H](NC(=O)[C@H](C)NC(=O)[C@@H](N)CC(C)C)C(=O)N[C@@H](CO)C(=O)NCC(=O)N[C@@H](CC(C)C)C(=O)N[C@@H](CCC(=O)O)C(=O)N[C@@H](CO)C(=O)N[C@@H](CCC(=O)O)C(=O)N[C@@H](CC(=O)O)C(=O)N[C@@H](CCC(=O)O)C(=O)N[C@@H](C)C(=O)N[C@@H](CC(=O)O)C(=O)N[C@@H](Cc1ccc(O)cc1)C(=O)N[C@@H](Cc1ccc(O)cc1)C(=O)N[C@@H](CS)C(=O)N[C@@H](C)C(=O)O. The van der Waals surface area contributed by atoms with E-state index in [1.54, 1.807) is 27.7 Å². The zero-order valence-corrected chi connectivity index (χ0v) is 73.0. The molecule has 50 heteroatoms. The van der Waals surface area contributed by atoms with Crippen molar-refractivity contribution in [3.8, 4) is 11.5 Å². The second kappa shape index (κ2) is 55.9. The minimum Gasteiger partial charge on any atom is -0.508 e. The van der Waals surface area contributed by atoms with Crippen LogP contribution in [0.25, 0.3) is 0 Å². The number of carbonyl (C=O) groups excluding carboxylic acids is 16. The first-order valence-electron chi connectivity index (χ1n) is 40.6. The predicted molar refractivity (Wildman–Crippen MR) is 450 cm³/mol. The molecule has 49 nitrogen and oxygen atoms in total. The number of nitrogens with two attached hydrogens (primary N) is 1. The van der Waals surface area contributed by atoms with E-state index in [1.165, 1.54) is 55.5 Å². The van der Waals surface area contributed by atoms with Crippen LogP contribution in [0.4, 0.5) is 0 Å². The van der Waals surface area contributed by atoms with E-state index in [-0.39, 0.29) is 35.0 Å². The summed E-state index contributed by atoms with van der Waals surface area (Å²) in [6, 6.07) is -18.0. The molecule has 0 aliphatic heterocycles. The Kier molecular flexibility index (Phi) is 48.4. The number of aliphatic hydroxyl groups excluding tert-OH is 2. The van der Waals surface area contributed by atoms with Crippen molar-refractivity contribution in [3.63, 3.8) is 0 Å². The molecule has 0 fully saturated rings. The van der Waals surface area contributed by atoms with Gasteiger partial charge >= 0.3 is 35.8 Å². The quantitative estimate of drug-likeness (QED) is 0.0274. The fraction of sp³-hybridized carbons (Fsp3) is 0.570. The maximum Gasteiger partial charge on any atom is 0.325 e. The van der Waals surface area contributed by atoms with Gasteiger partial charge in [0.05, 0.1) is 38.6 Å². The van der Waals surface area contributed by atoms with Crippen LogP contribution in [0.1, 0.15) is 144 Å². The standard InChI is InChI=1S/C79H117N17O32S/c1-10-37(6)63(96-65(113)39(8)82-66(114)45(80)25-35(2)3)78(126)94-54(32-97)67(115)81-31-57(101)85-49(26-36(4)5)71(119)87-48(21-24-60(106)107)70(118)93-55(33-98)76(124)88-47(20-23-59(104)105)69(117)92-53(30-62(110)111)74(122)86-46(19-22-58(102)103)68(116)83-38(7)64(112)89-52(29-61(108)109)75(123)91-50(27-41-11-15-43(99)16-12-41)72(120)90-51(28-42-13-17-44(100)18-14-42)73(121)95-56(34-129)77(125)84-40(9)79(127)128/h11-18,35-40,45-56,63,97-100,129H,10,19-34,80H2,1-9H3,(H,81,115)(H,82,114)(H,83,116)(H,84,125)(H,85,101)(H,86,122)(H,87,119)(H,88,124)(H,89,112)(H,90,120)(H,91,123)(H,92,117)(H,93,118)(H,94,126)(H,95,121)(H,96,113)(H,102,103)(H,104,105)(H,106,107)(H,108,109)(H,110,111)(H,127,128)/t37-,38-,39-,40-,45-,46-,47-,48-,49-,50-,51-,52-,53-,54-,55-,56-,63-/m0/s1. The van der Waals surface area contributed by atoms with E-state index in [9.17, 15) is 157 Å². The van der Waals surface area contributed by atoms with E-state index >= 15 is 0 Å². The molecule has 0 aliphatic rings. The Morgan fingerprint density at radius 3 is 1.02 bits per heavy atom. The fourth-order valence-electron chi connectivity index (χ4n) is 11.8. The molecule has 2 aromatic rings. The zero-order chi connectivity index (χ0) is 98.0. The first-order valence-corrected chi connectivity index (χ1v) is 41.3. The van der Waals surface area contributed by atoms with Crippen LogP contribution in [0.3, 0.4) is 0 Å².